The van der Waals surface area contributed by atoms with Crippen molar-refractivity contribution in [2.24, 2.45) is 0 Å². The van der Waals surface area contributed by atoms with E-state index in [9.17, 15) is 22.8 Å². The molecule has 1 aromatic heterocycles. The molecule has 3 aromatic carbocycles. The molecule has 4 aromatic rings. The summed E-state index contributed by atoms with van der Waals surface area (Å²) in [5.41, 5.74) is 1.73. The normalized spacial score (nSPS) is 11.0. The molecule has 1 amide bonds. The molecule has 1 N–H and O–H groups in total. The van der Waals surface area contributed by atoms with Crippen molar-refractivity contribution in [3.63, 3.8) is 0 Å². The molecule has 5 nitrogen and oxygen atoms in total. The number of para-hydroxylation sites is 1. The fraction of sp³-hybridized carbons (Fsp3) is 0.125. The van der Waals surface area contributed by atoms with Crippen LogP contribution in [0.15, 0.2) is 70.6 Å². The number of aryl methyl sites for hydroxylation is 1. The molecule has 0 aliphatic rings. The third-order valence-electron chi connectivity index (χ3n) is 4.93. The van der Waals surface area contributed by atoms with Crippen LogP contribution in [0.5, 0.6) is 0 Å². The quantitative estimate of drug-likeness (QED) is 0.248. The van der Waals surface area contributed by atoms with E-state index in [1.54, 1.807) is 24.3 Å². The summed E-state index contributed by atoms with van der Waals surface area (Å²) in [4.78, 5) is 30.0. The van der Waals surface area contributed by atoms with Crippen molar-refractivity contribution in [3.8, 4) is 0 Å². The highest BCUT2D eigenvalue weighted by molar-refractivity contribution is 7.99. The lowest BCUT2D eigenvalue weighted by atomic mass is 10.1. The second-order valence-corrected chi connectivity index (χ2v) is 8.29. The molecule has 0 radical (unpaired) electrons. The molecule has 0 saturated heterocycles. The first-order valence-electron chi connectivity index (χ1n) is 9.95. The number of hydrogen-bond acceptors (Lipinski definition) is 4. The number of aromatic nitrogens is 2. The van der Waals surface area contributed by atoms with Gasteiger partial charge in [0, 0.05) is 0 Å². The van der Waals surface area contributed by atoms with Crippen LogP contribution in [0.4, 0.5) is 18.9 Å². The molecule has 0 aliphatic carbocycles. The fourth-order valence-electron chi connectivity index (χ4n) is 3.21. The largest absolute Gasteiger partial charge is 0.323 e. The van der Waals surface area contributed by atoms with Gasteiger partial charge in [0.2, 0.25) is 5.91 Å². The molecule has 0 unspecified atom stereocenters. The van der Waals surface area contributed by atoms with Crippen LogP contribution in [-0.2, 0) is 11.3 Å². The fourth-order valence-corrected chi connectivity index (χ4v) is 4.01. The smallest absolute Gasteiger partial charge is 0.262 e. The third kappa shape index (κ3) is 4.93. The van der Waals surface area contributed by atoms with E-state index in [0.29, 0.717) is 16.1 Å². The van der Waals surface area contributed by atoms with Gasteiger partial charge in [0.25, 0.3) is 5.56 Å². The second kappa shape index (κ2) is 9.50. The van der Waals surface area contributed by atoms with E-state index < -0.39 is 29.0 Å². The number of hydrogen-bond donors (Lipinski definition) is 1. The molecule has 0 saturated carbocycles. The monoisotopic (exact) mass is 469 g/mol. The zero-order chi connectivity index (χ0) is 23.5. The van der Waals surface area contributed by atoms with Gasteiger partial charge in [0.05, 0.1) is 28.9 Å². The molecule has 0 bridgehead atoms. The average Bonchev–Trinajstić information content (AvgIpc) is 2.81. The maximum Gasteiger partial charge on any atom is 0.262 e. The Bertz CT molecular complexity index is 1400. The first-order valence-corrected chi connectivity index (χ1v) is 10.9. The second-order valence-electron chi connectivity index (χ2n) is 7.35. The Labute approximate surface area is 191 Å². The van der Waals surface area contributed by atoms with E-state index in [4.69, 9.17) is 0 Å². The van der Waals surface area contributed by atoms with Crippen molar-refractivity contribution in [2.45, 2.75) is 18.6 Å². The summed E-state index contributed by atoms with van der Waals surface area (Å²) in [6, 6.07) is 16.2. The van der Waals surface area contributed by atoms with Crippen molar-refractivity contribution in [3.05, 3.63) is 99.6 Å². The van der Waals surface area contributed by atoms with Crippen LogP contribution < -0.4 is 10.9 Å². The van der Waals surface area contributed by atoms with Crippen LogP contribution in [-0.4, -0.2) is 21.2 Å². The van der Waals surface area contributed by atoms with Gasteiger partial charge in [0.1, 0.15) is 0 Å². The number of rotatable bonds is 6. The summed E-state index contributed by atoms with van der Waals surface area (Å²) >= 11 is 0.989. The van der Waals surface area contributed by atoms with Gasteiger partial charge in [-0.25, -0.2) is 18.2 Å². The molecule has 168 valence electrons. The Balaban J connectivity index is 1.61. The SMILES string of the molecule is Cc1ccc(Cn2c(SCC(=O)Nc3ccc(F)c(F)c3F)nc3ccccc3c2=O)cc1. The third-order valence-corrected chi connectivity index (χ3v) is 5.91. The number of nitrogens with one attached hydrogen (secondary N) is 1. The number of fused-ring (bicyclic) bond motifs is 1. The summed E-state index contributed by atoms with van der Waals surface area (Å²) in [5, 5.41) is 2.97. The zero-order valence-corrected chi connectivity index (χ0v) is 18.3. The number of carbonyl (C=O) groups excluding carboxylic acids is 1. The number of amides is 1. The summed E-state index contributed by atoms with van der Waals surface area (Å²) in [6.45, 7) is 2.21. The topological polar surface area (TPSA) is 64.0 Å². The van der Waals surface area contributed by atoms with Gasteiger partial charge in [-0.05, 0) is 36.8 Å². The van der Waals surface area contributed by atoms with Gasteiger partial charge in [-0.1, -0.05) is 53.7 Å². The van der Waals surface area contributed by atoms with Crippen LogP contribution in [0.3, 0.4) is 0 Å². The van der Waals surface area contributed by atoms with E-state index in [1.807, 2.05) is 31.2 Å². The maximum absolute atomic E-state index is 13.9. The minimum Gasteiger partial charge on any atom is -0.323 e. The molecule has 0 aliphatic heterocycles. The number of benzene rings is 3. The summed E-state index contributed by atoms with van der Waals surface area (Å²) in [6.07, 6.45) is 0. The maximum atomic E-state index is 13.9. The molecule has 33 heavy (non-hydrogen) atoms. The number of thioether (sulfide) groups is 1. The number of carbonyl (C=O) groups is 1. The van der Waals surface area contributed by atoms with Crippen LogP contribution in [0, 0.1) is 24.4 Å². The highest BCUT2D eigenvalue weighted by Crippen LogP contribution is 2.22. The summed E-state index contributed by atoms with van der Waals surface area (Å²) in [7, 11) is 0. The molecule has 0 fully saturated rings. The van der Waals surface area contributed by atoms with Gasteiger partial charge in [-0.3, -0.25) is 14.2 Å². The minimum absolute atomic E-state index is 0.225. The van der Waals surface area contributed by atoms with E-state index >= 15 is 0 Å². The van der Waals surface area contributed by atoms with Crippen LogP contribution in [0.2, 0.25) is 0 Å². The molecule has 0 atom stereocenters. The molecule has 1 heterocycles. The van der Waals surface area contributed by atoms with Gasteiger partial charge in [-0.15, -0.1) is 0 Å². The van der Waals surface area contributed by atoms with Crippen LogP contribution in [0.25, 0.3) is 10.9 Å². The van der Waals surface area contributed by atoms with Crippen molar-refractivity contribution < 1.29 is 18.0 Å². The molecule has 9 heteroatoms. The van der Waals surface area contributed by atoms with Crippen molar-refractivity contribution >= 4 is 34.3 Å². The number of anilines is 1. The van der Waals surface area contributed by atoms with Crippen molar-refractivity contribution in [1.82, 2.24) is 9.55 Å². The lowest BCUT2D eigenvalue weighted by molar-refractivity contribution is -0.113. The van der Waals surface area contributed by atoms with Crippen LogP contribution >= 0.6 is 11.8 Å². The Morgan fingerprint density at radius 3 is 2.48 bits per heavy atom. The zero-order valence-electron chi connectivity index (χ0n) is 17.4. The highest BCUT2D eigenvalue weighted by atomic mass is 32.2. The lowest BCUT2D eigenvalue weighted by Crippen LogP contribution is -2.25. The van der Waals surface area contributed by atoms with Gasteiger partial charge in [-0.2, -0.15) is 0 Å². The predicted octanol–water partition coefficient (Wildman–Crippen LogP) is 4.90. The Morgan fingerprint density at radius 1 is 1.00 bits per heavy atom. The molecular formula is C24H18F3N3O2S. The molecule has 4 rings (SSSR count). The minimum atomic E-state index is -1.66. The van der Waals surface area contributed by atoms with E-state index in [2.05, 4.69) is 10.3 Å². The average molecular weight is 469 g/mol. The molecule has 0 spiro atoms. The van der Waals surface area contributed by atoms with E-state index in [-0.39, 0.29) is 17.9 Å². The Hall–Kier alpha value is -3.59. The predicted molar refractivity (Wildman–Crippen MR) is 122 cm³/mol. The molecular weight excluding hydrogens is 451 g/mol. The van der Waals surface area contributed by atoms with Gasteiger partial charge < -0.3 is 5.32 Å². The number of halogens is 3. The summed E-state index contributed by atoms with van der Waals surface area (Å²) in [5.74, 6) is -5.37. The lowest BCUT2D eigenvalue weighted by Gasteiger charge is -2.14. The Morgan fingerprint density at radius 2 is 1.73 bits per heavy atom. The Kier molecular flexibility index (Phi) is 6.50. The van der Waals surface area contributed by atoms with Gasteiger partial charge >= 0.3 is 0 Å². The number of nitrogens with zero attached hydrogens (tertiary/aromatic N) is 2. The highest BCUT2D eigenvalue weighted by Gasteiger charge is 2.17. The van der Waals surface area contributed by atoms with E-state index in [1.165, 1.54) is 4.57 Å². The first-order chi connectivity index (χ1) is 15.8. The van der Waals surface area contributed by atoms with Crippen LogP contribution in [0.1, 0.15) is 11.1 Å². The van der Waals surface area contributed by atoms with E-state index in [0.717, 1.165) is 35.0 Å². The first kappa shape index (κ1) is 22.6. The van der Waals surface area contributed by atoms with Crippen molar-refractivity contribution in [2.75, 3.05) is 11.1 Å². The standard InChI is InChI=1S/C24H18F3N3O2S/c1-14-6-8-15(9-7-14)12-30-23(32)16-4-2-3-5-18(16)29-24(30)33-13-20(31)28-19-11-10-17(25)21(26)22(19)27/h2-11H,12-13H2,1H3,(H,28,31). The summed E-state index contributed by atoms with van der Waals surface area (Å²) < 4.78 is 41.8. The van der Waals surface area contributed by atoms with Crippen molar-refractivity contribution in [1.29, 1.82) is 0 Å². The van der Waals surface area contributed by atoms with Gasteiger partial charge in [0.15, 0.2) is 22.6 Å².